The molecule has 25 heavy (non-hydrogen) atoms. The molecule has 0 saturated heterocycles. The van der Waals surface area contributed by atoms with E-state index < -0.39 is 0 Å². The zero-order chi connectivity index (χ0) is 17.9. The molecular formula is C18H30N6O. The van der Waals surface area contributed by atoms with Gasteiger partial charge in [-0.3, -0.25) is 9.88 Å². The Morgan fingerprint density at radius 3 is 2.60 bits per heavy atom. The summed E-state index contributed by atoms with van der Waals surface area (Å²) in [4.78, 5) is 13.8. The number of aliphatic imine (C=N–C) groups is 1. The second kappa shape index (κ2) is 5.99. The van der Waals surface area contributed by atoms with Gasteiger partial charge in [0, 0.05) is 33.2 Å². The summed E-state index contributed by atoms with van der Waals surface area (Å²) in [6, 6.07) is 0.830. The first-order valence-corrected chi connectivity index (χ1v) is 9.36. The molecule has 2 saturated carbocycles. The third-order valence-corrected chi connectivity index (χ3v) is 6.38. The quantitative estimate of drug-likeness (QED) is 0.867. The molecule has 7 nitrogen and oxygen atoms in total. The Morgan fingerprint density at radius 1 is 1.24 bits per heavy atom. The van der Waals surface area contributed by atoms with Crippen LogP contribution in [-0.2, 0) is 7.05 Å². The third kappa shape index (κ3) is 2.64. The highest BCUT2D eigenvalue weighted by Crippen LogP contribution is 2.46. The van der Waals surface area contributed by atoms with Crippen LogP contribution in [0.2, 0.25) is 0 Å². The Bertz CT molecular complexity index is 681. The topological polar surface area (TPSA) is 68.9 Å². The van der Waals surface area contributed by atoms with Crippen molar-refractivity contribution in [1.82, 2.24) is 19.8 Å². The number of imidazole rings is 1. The van der Waals surface area contributed by atoms with Gasteiger partial charge in [0.05, 0.1) is 12.4 Å². The molecule has 1 aromatic rings. The van der Waals surface area contributed by atoms with E-state index in [9.17, 15) is 5.11 Å². The number of rotatable bonds is 4. The molecule has 1 aliphatic heterocycles. The second-order valence-electron chi connectivity index (χ2n) is 8.26. The van der Waals surface area contributed by atoms with Gasteiger partial charge in [-0.25, -0.2) is 9.98 Å². The summed E-state index contributed by atoms with van der Waals surface area (Å²) in [6.45, 7) is 4.33. The number of aliphatic hydroxyl groups excluding tert-OH is 1. The van der Waals surface area contributed by atoms with E-state index >= 15 is 0 Å². The average molecular weight is 346 g/mol. The van der Waals surface area contributed by atoms with Crippen molar-refractivity contribution in [2.45, 2.75) is 57.5 Å². The monoisotopic (exact) mass is 346 g/mol. The van der Waals surface area contributed by atoms with Crippen molar-refractivity contribution in [1.29, 1.82) is 0 Å². The second-order valence-corrected chi connectivity index (χ2v) is 8.26. The molecular weight excluding hydrogens is 316 g/mol. The molecule has 5 atom stereocenters. The zero-order valence-electron chi connectivity index (χ0n) is 15.8. The summed E-state index contributed by atoms with van der Waals surface area (Å²) >= 11 is 0. The van der Waals surface area contributed by atoms with E-state index in [4.69, 9.17) is 4.98 Å². The molecule has 2 N–H and O–H groups in total. The van der Waals surface area contributed by atoms with Crippen LogP contribution in [0.1, 0.15) is 45.0 Å². The maximum absolute atomic E-state index is 10.0. The number of aromatic nitrogens is 2. The Morgan fingerprint density at radius 2 is 2.00 bits per heavy atom. The summed E-state index contributed by atoms with van der Waals surface area (Å²) in [5, 5.41) is 13.8. The van der Waals surface area contributed by atoms with Crippen molar-refractivity contribution in [3.05, 3.63) is 5.69 Å². The van der Waals surface area contributed by atoms with E-state index in [-0.39, 0.29) is 12.3 Å². The summed E-state index contributed by atoms with van der Waals surface area (Å²) in [5.41, 5.74) is 0.998. The lowest BCUT2D eigenvalue weighted by Gasteiger charge is -2.35. The van der Waals surface area contributed by atoms with Crippen molar-refractivity contribution >= 4 is 18.1 Å². The fourth-order valence-electron chi connectivity index (χ4n) is 4.64. The Hall–Kier alpha value is -1.60. The van der Waals surface area contributed by atoms with Crippen LogP contribution in [0.15, 0.2) is 4.99 Å². The van der Waals surface area contributed by atoms with Crippen LogP contribution in [0, 0.1) is 11.8 Å². The number of aliphatic hydroxyl groups is 1. The van der Waals surface area contributed by atoms with E-state index in [0.29, 0.717) is 23.9 Å². The SMILES string of the molecule is CC(C)N(C)c1nc2c(n1C)N=CN(C)C2NC1CC2CC1CC2O. The first-order valence-electron chi connectivity index (χ1n) is 9.36. The molecule has 0 spiro atoms. The fraction of sp³-hybridized carbons (Fsp3) is 0.778. The Kier molecular flexibility index (Phi) is 4.03. The van der Waals surface area contributed by atoms with Crippen LogP contribution >= 0.6 is 0 Å². The van der Waals surface area contributed by atoms with Crippen molar-refractivity contribution in [3.63, 3.8) is 0 Å². The first kappa shape index (κ1) is 16.8. The maximum atomic E-state index is 10.0. The molecule has 7 heteroatoms. The first-order chi connectivity index (χ1) is 11.9. The van der Waals surface area contributed by atoms with Crippen LogP contribution in [0.3, 0.4) is 0 Å². The lowest BCUT2D eigenvalue weighted by molar-refractivity contribution is 0.0954. The van der Waals surface area contributed by atoms with Crippen LogP contribution in [0.4, 0.5) is 11.8 Å². The van der Waals surface area contributed by atoms with Crippen molar-refractivity contribution in [2.75, 3.05) is 19.0 Å². The predicted molar refractivity (Wildman–Crippen MR) is 99.2 cm³/mol. The predicted octanol–water partition coefficient (Wildman–Crippen LogP) is 1.62. The number of nitrogens with one attached hydrogen (secondary N) is 1. The molecule has 3 aliphatic rings. The van der Waals surface area contributed by atoms with Gasteiger partial charge in [-0.1, -0.05) is 0 Å². The molecule has 1 aromatic heterocycles. The summed E-state index contributed by atoms with van der Waals surface area (Å²) in [7, 11) is 6.16. The van der Waals surface area contributed by atoms with E-state index in [1.165, 1.54) is 0 Å². The Balaban J connectivity index is 1.60. The van der Waals surface area contributed by atoms with Crippen LogP contribution in [-0.4, -0.2) is 58.2 Å². The number of fused-ring (bicyclic) bond motifs is 3. The van der Waals surface area contributed by atoms with Gasteiger partial charge in [0.25, 0.3) is 0 Å². The minimum atomic E-state index is -0.0922. The van der Waals surface area contributed by atoms with Crippen LogP contribution in [0.25, 0.3) is 0 Å². The minimum absolute atomic E-state index is 0.0366. The molecule has 2 fully saturated rings. The minimum Gasteiger partial charge on any atom is -0.393 e. The molecule has 2 bridgehead atoms. The lowest BCUT2D eigenvalue weighted by Crippen LogP contribution is -2.45. The molecule has 0 radical (unpaired) electrons. The van der Waals surface area contributed by atoms with E-state index in [2.05, 4.69) is 45.6 Å². The maximum Gasteiger partial charge on any atom is 0.207 e. The van der Waals surface area contributed by atoms with Gasteiger partial charge in [0.1, 0.15) is 11.9 Å². The highest BCUT2D eigenvalue weighted by molar-refractivity contribution is 5.67. The molecule has 2 aliphatic carbocycles. The number of hydrogen-bond acceptors (Lipinski definition) is 6. The smallest absolute Gasteiger partial charge is 0.207 e. The summed E-state index contributed by atoms with van der Waals surface area (Å²) in [5.74, 6) is 2.93. The average Bonchev–Trinajstić information content (AvgIpc) is 3.22. The van der Waals surface area contributed by atoms with Gasteiger partial charge >= 0.3 is 0 Å². The number of anilines is 1. The molecule has 138 valence electrons. The number of hydrogen-bond donors (Lipinski definition) is 2. The Labute approximate surface area is 149 Å². The highest BCUT2D eigenvalue weighted by atomic mass is 16.3. The largest absolute Gasteiger partial charge is 0.393 e. The number of nitrogens with zero attached hydrogens (tertiary/aromatic N) is 5. The zero-order valence-corrected chi connectivity index (χ0v) is 15.8. The lowest BCUT2D eigenvalue weighted by atomic mass is 9.93. The van der Waals surface area contributed by atoms with E-state index in [0.717, 1.165) is 36.7 Å². The van der Waals surface area contributed by atoms with Crippen molar-refractivity contribution < 1.29 is 5.11 Å². The fourth-order valence-corrected chi connectivity index (χ4v) is 4.64. The molecule has 0 aromatic carbocycles. The van der Waals surface area contributed by atoms with Crippen molar-refractivity contribution in [2.24, 2.45) is 23.9 Å². The normalized spacial score (nSPS) is 33.4. The molecule has 0 amide bonds. The standard InChI is InChI=1S/C18H30N6O/c1-10(2)23(4)18-21-15-16(24(18)5)19-9-22(3)17(15)20-13-7-12-6-11(13)8-14(12)25/h9-14,17,20,25H,6-8H2,1-5H3. The van der Waals surface area contributed by atoms with Gasteiger partial charge in [0.15, 0.2) is 5.82 Å². The van der Waals surface area contributed by atoms with Gasteiger partial charge < -0.3 is 14.9 Å². The van der Waals surface area contributed by atoms with Gasteiger partial charge in [-0.2, -0.15) is 0 Å². The van der Waals surface area contributed by atoms with Crippen molar-refractivity contribution in [3.8, 4) is 0 Å². The van der Waals surface area contributed by atoms with Gasteiger partial charge in [-0.05, 0) is 44.9 Å². The molecule has 4 rings (SSSR count). The molecule has 2 heterocycles. The summed E-state index contributed by atoms with van der Waals surface area (Å²) < 4.78 is 2.08. The van der Waals surface area contributed by atoms with Gasteiger partial charge in [-0.15, -0.1) is 0 Å². The van der Waals surface area contributed by atoms with Crippen LogP contribution in [0.5, 0.6) is 0 Å². The van der Waals surface area contributed by atoms with E-state index in [1.807, 2.05) is 20.4 Å². The highest BCUT2D eigenvalue weighted by Gasteiger charge is 2.46. The summed E-state index contributed by atoms with van der Waals surface area (Å²) in [6.07, 6.45) is 4.99. The van der Waals surface area contributed by atoms with E-state index in [1.54, 1.807) is 0 Å². The third-order valence-electron chi connectivity index (χ3n) is 6.38. The molecule has 5 unspecified atom stereocenters. The van der Waals surface area contributed by atoms with Gasteiger partial charge in [0.2, 0.25) is 5.95 Å². The van der Waals surface area contributed by atoms with Crippen LogP contribution < -0.4 is 10.2 Å².